The van der Waals surface area contributed by atoms with Crippen molar-refractivity contribution < 1.29 is 39.0 Å². The number of carboxylic acid groups (broad SMARTS) is 2. The van der Waals surface area contributed by atoms with E-state index in [1.807, 2.05) is 0 Å². The summed E-state index contributed by atoms with van der Waals surface area (Å²) in [6.45, 7) is 1.50. The first-order chi connectivity index (χ1) is 14.4. The molecule has 0 aliphatic heterocycles. The van der Waals surface area contributed by atoms with Crippen LogP contribution in [-0.4, -0.2) is 76.5 Å². The molecule has 0 bridgehead atoms. The first-order valence-electron chi connectivity index (χ1n) is 9.48. The second-order valence-electron chi connectivity index (χ2n) is 6.85. The highest BCUT2D eigenvalue weighted by Gasteiger charge is 2.30. The summed E-state index contributed by atoms with van der Waals surface area (Å²) in [6.07, 6.45) is -0.270. The predicted molar refractivity (Wildman–Crippen MR) is 106 cm³/mol. The van der Waals surface area contributed by atoms with Crippen LogP contribution in [0.4, 0.5) is 0 Å². The van der Waals surface area contributed by atoms with E-state index >= 15 is 0 Å². The molecule has 0 aliphatic rings. The van der Waals surface area contributed by atoms with Crippen LogP contribution in [0.2, 0.25) is 0 Å². The summed E-state index contributed by atoms with van der Waals surface area (Å²) >= 11 is 0. The summed E-state index contributed by atoms with van der Waals surface area (Å²) in [5.74, 6) is -6.30. The molecule has 0 radical (unpaired) electrons. The zero-order valence-electron chi connectivity index (χ0n) is 17.1. The SMILES string of the molecule is CC(NC(=O)C(CC(N)=O)NC(=O)C(CCCCN)NC(=O)C(N)CC(=O)O)C(=O)O. The van der Waals surface area contributed by atoms with E-state index in [0.29, 0.717) is 19.4 Å². The smallest absolute Gasteiger partial charge is 0.325 e. The van der Waals surface area contributed by atoms with Gasteiger partial charge in [0, 0.05) is 0 Å². The highest BCUT2D eigenvalue weighted by Crippen LogP contribution is 2.04. The average Bonchev–Trinajstić information content (AvgIpc) is 2.65. The third kappa shape index (κ3) is 11.5. The molecule has 0 fully saturated rings. The lowest BCUT2D eigenvalue weighted by molar-refractivity contribution is -0.142. The molecule has 0 aliphatic carbocycles. The number of unbranched alkanes of at least 4 members (excludes halogenated alkanes) is 1. The summed E-state index contributed by atoms with van der Waals surface area (Å²) in [7, 11) is 0. The van der Waals surface area contributed by atoms with Gasteiger partial charge in [0.15, 0.2) is 0 Å². The number of hydrogen-bond donors (Lipinski definition) is 8. The van der Waals surface area contributed by atoms with E-state index < -0.39 is 72.6 Å². The Morgan fingerprint density at radius 2 is 1.39 bits per heavy atom. The number of carbonyl (C=O) groups is 6. The second-order valence-corrected chi connectivity index (χ2v) is 6.85. The topological polar surface area (TPSA) is 257 Å². The van der Waals surface area contributed by atoms with Crippen LogP contribution in [-0.2, 0) is 28.8 Å². The third-order valence-electron chi connectivity index (χ3n) is 4.08. The number of hydrogen-bond acceptors (Lipinski definition) is 8. The number of primary amides is 1. The van der Waals surface area contributed by atoms with Crippen molar-refractivity contribution in [2.45, 2.75) is 63.2 Å². The molecule has 0 rings (SSSR count). The average molecular weight is 446 g/mol. The third-order valence-corrected chi connectivity index (χ3v) is 4.08. The lowest BCUT2D eigenvalue weighted by atomic mass is 10.1. The number of nitrogens with two attached hydrogens (primary N) is 3. The van der Waals surface area contributed by atoms with Gasteiger partial charge in [0.05, 0.1) is 18.9 Å². The van der Waals surface area contributed by atoms with Crippen LogP contribution in [0, 0.1) is 0 Å². The highest BCUT2D eigenvalue weighted by atomic mass is 16.4. The summed E-state index contributed by atoms with van der Waals surface area (Å²) in [5, 5.41) is 24.3. The Labute approximate surface area is 178 Å². The standard InChI is InChI=1S/C17H30N6O8/c1-8(17(30)31)21-16(29)11(7-12(20)24)23-15(28)10(4-2-3-5-18)22-14(27)9(19)6-13(25)26/h8-11H,2-7,18-19H2,1H3,(H2,20,24)(H,21,29)(H,22,27)(H,23,28)(H,25,26)(H,30,31). The summed E-state index contributed by atoms with van der Waals surface area (Å²) < 4.78 is 0. The number of carbonyl (C=O) groups excluding carboxylic acids is 4. The minimum Gasteiger partial charge on any atom is -0.481 e. The highest BCUT2D eigenvalue weighted by molar-refractivity contribution is 5.96. The lowest BCUT2D eigenvalue weighted by Crippen LogP contribution is -2.57. The van der Waals surface area contributed by atoms with E-state index in [4.69, 9.17) is 27.4 Å². The van der Waals surface area contributed by atoms with E-state index in [9.17, 15) is 28.8 Å². The maximum absolute atomic E-state index is 12.7. The monoisotopic (exact) mass is 446 g/mol. The van der Waals surface area contributed by atoms with Gasteiger partial charge in [-0.3, -0.25) is 28.8 Å². The van der Waals surface area contributed by atoms with Crippen LogP contribution in [0.15, 0.2) is 0 Å². The maximum atomic E-state index is 12.7. The summed E-state index contributed by atoms with van der Waals surface area (Å²) in [5.41, 5.74) is 16.0. The van der Waals surface area contributed by atoms with Crippen molar-refractivity contribution in [3.8, 4) is 0 Å². The van der Waals surface area contributed by atoms with Crippen molar-refractivity contribution in [3.05, 3.63) is 0 Å². The Morgan fingerprint density at radius 3 is 1.87 bits per heavy atom. The van der Waals surface area contributed by atoms with Crippen LogP contribution in [0.25, 0.3) is 0 Å². The van der Waals surface area contributed by atoms with Crippen LogP contribution < -0.4 is 33.2 Å². The van der Waals surface area contributed by atoms with Gasteiger partial charge in [-0.1, -0.05) is 0 Å². The summed E-state index contributed by atoms with van der Waals surface area (Å²) in [6, 6.07) is -5.41. The minimum atomic E-state index is -1.49. The van der Waals surface area contributed by atoms with Gasteiger partial charge in [0.25, 0.3) is 0 Å². The van der Waals surface area contributed by atoms with E-state index in [-0.39, 0.29) is 6.42 Å². The van der Waals surface area contributed by atoms with Gasteiger partial charge < -0.3 is 43.4 Å². The molecule has 0 saturated heterocycles. The van der Waals surface area contributed by atoms with Crippen molar-refractivity contribution in [2.24, 2.45) is 17.2 Å². The zero-order valence-corrected chi connectivity index (χ0v) is 17.1. The van der Waals surface area contributed by atoms with Gasteiger partial charge in [-0.05, 0) is 32.7 Å². The fraction of sp³-hybridized carbons (Fsp3) is 0.647. The van der Waals surface area contributed by atoms with Crippen LogP contribution >= 0.6 is 0 Å². The molecule has 0 aromatic rings. The van der Waals surface area contributed by atoms with Crippen molar-refractivity contribution in [1.29, 1.82) is 0 Å². The molecule has 0 saturated carbocycles. The predicted octanol–water partition coefficient (Wildman–Crippen LogP) is -3.65. The molecule has 4 unspecified atom stereocenters. The molecule has 0 aromatic heterocycles. The molecule has 4 atom stereocenters. The Kier molecular flexibility index (Phi) is 12.4. The van der Waals surface area contributed by atoms with Gasteiger partial charge in [-0.2, -0.15) is 0 Å². The molecule has 0 spiro atoms. The van der Waals surface area contributed by atoms with Crippen LogP contribution in [0.1, 0.15) is 39.0 Å². The van der Waals surface area contributed by atoms with E-state index in [0.717, 1.165) is 0 Å². The second kappa shape index (κ2) is 13.9. The molecule has 176 valence electrons. The number of nitrogens with one attached hydrogen (secondary N) is 3. The maximum Gasteiger partial charge on any atom is 0.325 e. The minimum absolute atomic E-state index is 0.0883. The van der Waals surface area contributed by atoms with Gasteiger partial charge in [0.2, 0.25) is 23.6 Å². The number of rotatable bonds is 15. The molecule has 14 nitrogen and oxygen atoms in total. The fourth-order valence-corrected chi connectivity index (χ4v) is 2.38. The molecule has 0 aromatic carbocycles. The van der Waals surface area contributed by atoms with Crippen LogP contribution in [0.3, 0.4) is 0 Å². The molecule has 0 heterocycles. The van der Waals surface area contributed by atoms with Gasteiger partial charge in [-0.25, -0.2) is 0 Å². The van der Waals surface area contributed by atoms with E-state index in [1.165, 1.54) is 6.92 Å². The number of aliphatic carboxylic acids is 2. The normalized spacial score (nSPS) is 14.4. The van der Waals surface area contributed by atoms with Crippen molar-refractivity contribution in [1.82, 2.24) is 16.0 Å². The van der Waals surface area contributed by atoms with Crippen molar-refractivity contribution in [3.63, 3.8) is 0 Å². The Bertz CT molecular complexity index is 686. The number of carboxylic acids is 2. The van der Waals surface area contributed by atoms with E-state index in [1.54, 1.807) is 0 Å². The first-order valence-corrected chi connectivity index (χ1v) is 9.48. The van der Waals surface area contributed by atoms with Gasteiger partial charge in [0.1, 0.15) is 18.1 Å². The molecule has 11 N–H and O–H groups in total. The Balaban J connectivity index is 5.38. The summed E-state index contributed by atoms with van der Waals surface area (Å²) in [4.78, 5) is 70.0. The largest absolute Gasteiger partial charge is 0.481 e. The fourth-order valence-electron chi connectivity index (χ4n) is 2.38. The quantitative estimate of drug-likeness (QED) is 0.114. The van der Waals surface area contributed by atoms with Gasteiger partial charge in [-0.15, -0.1) is 0 Å². The Hall–Kier alpha value is -3.26. The molecule has 14 heteroatoms. The first kappa shape index (κ1) is 27.7. The number of amides is 4. The molecular formula is C17H30N6O8. The Morgan fingerprint density at radius 1 is 0.839 bits per heavy atom. The van der Waals surface area contributed by atoms with Crippen molar-refractivity contribution in [2.75, 3.05) is 6.54 Å². The molecule has 4 amide bonds. The van der Waals surface area contributed by atoms with Crippen molar-refractivity contribution >= 4 is 35.6 Å². The molecule has 31 heavy (non-hydrogen) atoms. The lowest BCUT2D eigenvalue weighted by Gasteiger charge is -2.24. The zero-order chi connectivity index (χ0) is 24.1. The van der Waals surface area contributed by atoms with E-state index in [2.05, 4.69) is 16.0 Å². The van der Waals surface area contributed by atoms with Crippen LogP contribution in [0.5, 0.6) is 0 Å². The van der Waals surface area contributed by atoms with Gasteiger partial charge >= 0.3 is 11.9 Å². The molecular weight excluding hydrogens is 416 g/mol.